The molecule has 4 heteroatoms. The molecule has 0 amide bonds. The maximum atomic E-state index is 6.00. The van der Waals surface area contributed by atoms with Gasteiger partial charge in [0.05, 0.1) is 11.4 Å². The van der Waals surface area contributed by atoms with Crippen molar-refractivity contribution in [3.63, 3.8) is 0 Å². The Morgan fingerprint density at radius 1 is 1.29 bits per heavy atom. The van der Waals surface area contributed by atoms with Gasteiger partial charge in [-0.05, 0) is 37.8 Å². The lowest BCUT2D eigenvalue weighted by Gasteiger charge is -2.33. The van der Waals surface area contributed by atoms with E-state index in [0.717, 1.165) is 30.4 Å². The van der Waals surface area contributed by atoms with Gasteiger partial charge in [0, 0.05) is 25.2 Å². The molecule has 1 aliphatic heterocycles. The van der Waals surface area contributed by atoms with Crippen LogP contribution in [0.1, 0.15) is 31.0 Å². The Hall–Kier alpha value is -1.81. The number of hydrogen-bond acceptors (Lipinski definition) is 3. The summed E-state index contributed by atoms with van der Waals surface area (Å²) in [5.41, 5.74) is 9.32. The van der Waals surface area contributed by atoms with E-state index in [1.54, 1.807) is 0 Å². The minimum atomic E-state index is 0.541. The van der Waals surface area contributed by atoms with Crippen LogP contribution in [0.15, 0.2) is 30.3 Å². The Labute approximate surface area is 126 Å². The van der Waals surface area contributed by atoms with Gasteiger partial charge in [-0.1, -0.05) is 25.1 Å². The molecule has 0 radical (unpaired) electrons. The van der Waals surface area contributed by atoms with Crippen LogP contribution < -0.4 is 10.6 Å². The molecule has 0 aliphatic carbocycles. The maximum absolute atomic E-state index is 6.00. The number of anilines is 1. The number of benzene rings is 1. The molecule has 1 atom stereocenters. The van der Waals surface area contributed by atoms with Crippen molar-refractivity contribution in [2.75, 3.05) is 18.0 Å². The van der Waals surface area contributed by atoms with Gasteiger partial charge in [-0.2, -0.15) is 5.10 Å². The Morgan fingerprint density at radius 3 is 2.71 bits per heavy atom. The first-order chi connectivity index (χ1) is 10.2. The molecule has 1 fully saturated rings. The second-order valence-corrected chi connectivity index (χ2v) is 6.03. The molecule has 1 aromatic heterocycles. The Kier molecular flexibility index (Phi) is 3.97. The molecule has 21 heavy (non-hydrogen) atoms. The first kappa shape index (κ1) is 14.1. The number of nitrogens with two attached hydrogens (primary N) is 1. The van der Waals surface area contributed by atoms with Crippen LogP contribution in [0.5, 0.6) is 0 Å². The molecule has 1 saturated heterocycles. The highest BCUT2D eigenvalue weighted by atomic mass is 15.4. The lowest BCUT2D eigenvalue weighted by Crippen LogP contribution is -2.36. The van der Waals surface area contributed by atoms with Gasteiger partial charge in [0.2, 0.25) is 0 Å². The first-order valence-electron chi connectivity index (χ1n) is 7.79. The van der Waals surface area contributed by atoms with Crippen LogP contribution in [-0.4, -0.2) is 22.9 Å². The number of nitrogens with zero attached hydrogens (tertiary/aromatic N) is 3. The Bertz CT molecular complexity index is 603. The van der Waals surface area contributed by atoms with Crippen LogP contribution in [0.2, 0.25) is 0 Å². The number of piperidine rings is 1. The third-order valence-corrected chi connectivity index (χ3v) is 4.32. The second kappa shape index (κ2) is 5.90. The van der Waals surface area contributed by atoms with E-state index in [1.807, 2.05) is 6.07 Å². The van der Waals surface area contributed by atoms with Gasteiger partial charge >= 0.3 is 0 Å². The van der Waals surface area contributed by atoms with E-state index in [1.165, 1.54) is 24.2 Å². The summed E-state index contributed by atoms with van der Waals surface area (Å²) in [5, 5.41) is 4.75. The molecule has 0 spiro atoms. The number of para-hydroxylation sites is 1. The van der Waals surface area contributed by atoms with E-state index < -0.39 is 0 Å². The quantitative estimate of drug-likeness (QED) is 0.942. The van der Waals surface area contributed by atoms with Crippen molar-refractivity contribution in [1.82, 2.24) is 9.78 Å². The molecular weight excluding hydrogens is 260 g/mol. The Balaban J connectivity index is 2.08. The number of aromatic nitrogens is 2. The zero-order chi connectivity index (χ0) is 14.8. The van der Waals surface area contributed by atoms with Gasteiger partial charge in [0.15, 0.2) is 0 Å². The zero-order valence-corrected chi connectivity index (χ0v) is 12.9. The summed E-state index contributed by atoms with van der Waals surface area (Å²) in [7, 11) is 0. The van der Waals surface area contributed by atoms with Gasteiger partial charge in [0.1, 0.15) is 5.82 Å². The lowest BCUT2D eigenvalue weighted by atomic mass is 10.00. The van der Waals surface area contributed by atoms with Crippen LogP contribution in [0.3, 0.4) is 0 Å². The SMILES string of the molecule is Cc1nn(-c2ccccc2)c(N2CCCC(C)C2)c1CN. The van der Waals surface area contributed by atoms with E-state index in [9.17, 15) is 0 Å². The third kappa shape index (κ3) is 2.68. The van der Waals surface area contributed by atoms with E-state index in [-0.39, 0.29) is 0 Å². The maximum Gasteiger partial charge on any atom is 0.137 e. The fourth-order valence-electron chi connectivity index (χ4n) is 3.24. The molecule has 112 valence electrons. The number of hydrogen-bond donors (Lipinski definition) is 1. The normalized spacial score (nSPS) is 19.0. The highest BCUT2D eigenvalue weighted by Gasteiger charge is 2.24. The van der Waals surface area contributed by atoms with Gasteiger partial charge in [0.25, 0.3) is 0 Å². The molecule has 3 rings (SSSR count). The predicted octanol–water partition coefficient (Wildman–Crippen LogP) is 2.88. The summed E-state index contributed by atoms with van der Waals surface area (Å²) in [6, 6.07) is 10.3. The molecule has 0 bridgehead atoms. The average molecular weight is 284 g/mol. The molecule has 0 saturated carbocycles. The second-order valence-electron chi connectivity index (χ2n) is 6.03. The predicted molar refractivity (Wildman–Crippen MR) is 86.8 cm³/mol. The van der Waals surface area contributed by atoms with Crippen molar-refractivity contribution in [1.29, 1.82) is 0 Å². The fraction of sp³-hybridized carbons (Fsp3) is 0.471. The minimum absolute atomic E-state index is 0.541. The number of rotatable bonds is 3. The number of aryl methyl sites for hydroxylation is 1. The lowest BCUT2D eigenvalue weighted by molar-refractivity contribution is 0.441. The van der Waals surface area contributed by atoms with Crippen molar-refractivity contribution < 1.29 is 0 Å². The molecule has 1 aliphatic rings. The highest BCUT2D eigenvalue weighted by Crippen LogP contribution is 2.30. The van der Waals surface area contributed by atoms with Gasteiger partial charge in [-0.15, -0.1) is 0 Å². The smallest absolute Gasteiger partial charge is 0.137 e. The molecular formula is C17H24N4. The van der Waals surface area contributed by atoms with Gasteiger partial charge in [-0.25, -0.2) is 4.68 Å². The molecule has 1 unspecified atom stereocenters. The van der Waals surface area contributed by atoms with Crippen molar-refractivity contribution in [2.45, 2.75) is 33.2 Å². The molecule has 4 nitrogen and oxygen atoms in total. The minimum Gasteiger partial charge on any atom is -0.356 e. The van der Waals surface area contributed by atoms with Crippen molar-refractivity contribution in [2.24, 2.45) is 11.7 Å². The summed E-state index contributed by atoms with van der Waals surface area (Å²) in [5.74, 6) is 1.91. The van der Waals surface area contributed by atoms with Crippen LogP contribution in [-0.2, 0) is 6.54 Å². The third-order valence-electron chi connectivity index (χ3n) is 4.32. The molecule has 2 aromatic rings. The van der Waals surface area contributed by atoms with E-state index in [4.69, 9.17) is 10.8 Å². The van der Waals surface area contributed by atoms with Crippen molar-refractivity contribution in [3.8, 4) is 5.69 Å². The summed E-state index contributed by atoms with van der Waals surface area (Å²) < 4.78 is 2.07. The van der Waals surface area contributed by atoms with Crippen molar-refractivity contribution >= 4 is 5.82 Å². The van der Waals surface area contributed by atoms with Crippen LogP contribution in [0.25, 0.3) is 5.69 Å². The van der Waals surface area contributed by atoms with Crippen LogP contribution >= 0.6 is 0 Å². The molecule has 2 N–H and O–H groups in total. The largest absolute Gasteiger partial charge is 0.356 e. The highest BCUT2D eigenvalue weighted by molar-refractivity contribution is 5.55. The van der Waals surface area contributed by atoms with Crippen molar-refractivity contribution in [3.05, 3.63) is 41.6 Å². The van der Waals surface area contributed by atoms with E-state index in [0.29, 0.717) is 6.54 Å². The standard InChI is InChI=1S/C17H24N4/c1-13-7-6-10-20(12-13)17-16(11-18)14(2)19-21(17)15-8-4-3-5-9-15/h3-5,8-9,13H,6-7,10-12,18H2,1-2H3. The van der Waals surface area contributed by atoms with Crippen LogP contribution in [0.4, 0.5) is 5.82 Å². The summed E-state index contributed by atoms with van der Waals surface area (Å²) in [6.07, 6.45) is 2.55. The molecule has 1 aromatic carbocycles. The monoisotopic (exact) mass is 284 g/mol. The van der Waals surface area contributed by atoms with E-state index in [2.05, 4.69) is 47.7 Å². The Morgan fingerprint density at radius 2 is 2.05 bits per heavy atom. The van der Waals surface area contributed by atoms with Gasteiger partial charge < -0.3 is 10.6 Å². The van der Waals surface area contributed by atoms with Gasteiger partial charge in [-0.3, -0.25) is 0 Å². The summed E-state index contributed by atoms with van der Waals surface area (Å²) in [4.78, 5) is 2.46. The average Bonchev–Trinajstić information content (AvgIpc) is 2.85. The van der Waals surface area contributed by atoms with Crippen LogP contribution in [0, 0.1) is 12.8 Å². The summed E-state index contributed by atoms with van der Waals surface area (Å²) in [6.45, 7) is 7.10. The first-order valence-corrected chi connectivity index (χ1v) is 7.79. The zero-order valence-electron chi connectivity index (χ0n) is 12.9. The summed E-state index contributed by atoms with van der Waals surface area (Å²) >= 11 is 0. The molecule has 2 heterocycles. The fourth-order valence-corrected chi connectivity index (χ4v) is 3.24. The van der Waals surface area contributed by atoms with E-state index >= 15 is 0 Å². The topological polar surface area (TPSA) is 47.1 Å².